The number of amides is 3. The number of nitro groups is 1. The summed E-state index contributed by atoms with van der Waals surface area (Å²) < 4.78 is 0. The third-order valence-corrected chi connectivity index (χ3v) is 4.53. The monoisotopic (exact) mass is 353 g/mol. The molecule has 134 valence electrons. The van der Waals surface area contributed by atoms with Crippen LogP contribution in [0, 0.1) is 10.1 Å². The molecule has 2 aromatic carbocycles. The summed E-state index contributed by atoms with van der Waals surface area (Å²) in [6.07, 6.45) is 1.19. The van der Waals surface area contributed by atoms with Crippen LogP contribution in [0.1, 0.15) is 30.9 Å². The van der Waals surface area contributed by atoms with Crippen LogP contribution in [0.5, 0.6) is 0 Å². The van der Waals surface area contributed by atoms with Gasteiger partial charge in [-0.3, -0.25) is 19.8 Å². The van der Waals surface area contributed by atoms with Gasteiger partial charge >= 0.3 is 6.03 Å². The van der Waals surface area contributed by atoms with Crippen LogP contribution in [0.2, 0.25) is 0 Å². The number of nitrogens with one attached hydrogen (secondary N) is 1. The number of carbonyl (C=O) groups excluding carboxylic acids is 2. The molecule has 3 amide bonds. The second-order valence-corrected chi connectivity index (χ2v) is 6.27. The Morgan fingerprint density at radius 1 is 1.12 bits per heavy atom. The number of nitro benzene ring substituents is 1. The van der Waals surface area contributed by atoms with Crippen molar-refractivity contribution < 1.29 is 14.5 Å². The van der Waals surface area contributed by atoms with E-state index in [0.717, 1.165) is 10.5 Å². The number of carbonyl (C=O) groups is 2. The Bertz CT molecular complexity index is 853. The summed E-state index contributed by atoms with van der Waals surface area (Å²) in [4.78, 5) is 37.3. The number of hydrogen-bond acceptors (Lipinski definition) is 4. The van der Waals surface area contributed by atoms with E-state index in [1.165, 1.54) is 12.1 Å². The number of rotatable bonds is 6. The third kappa shape index (κ3) is 3.03. The molecule has 1 N–H and O–H groups in total. The zero-order valence-electron chi connectivity index (χ0n) is 14.3. The molecule has 0 bridgehead atoms. The van der Waals surface area contributed by atoms with Gasteiger partial charge in [0.15, 0.2) is 0 Å². The SMILES string of the molecule is CCC[C@@]1(c2ccccc2)NC(=O)N(Cc2cccc([N+](=O)[O-])c2)C1=O. The lowest BCUT2D eigenvalue weighted by atomic mass is 9.85. The minimum atomic E-state index is -1.09. The Balaban J connectivity index is 1.93. The standard InChI is InChI=1S/C19H19N3O4/c1-2-11-19(15-8-4-3-5-9-15)17(23)21(18(24)20-19)13-14-7-6-10-16(12-14)22(25)26/h3-10,12H,2,11,13H2,1H3,(H,20,24)/t19-/m0/s1. The first-order valence-electron chi connectivity index (χ1n) is 8.41. The van der Waals surface area contributed by atoms with Gasteiger partial charge in [0.2, 0.25) is 0 Å². The first kappa shape index (κ1) is 17.6. The van der Waals surface area contributed by atoms with E-state index in [-0.39, 0.29) is 18.1 Å². The van der Waals surface area contributed by atoms with Crippen molar-refractivity contribution in [2.45, 2.75) is 31.8 Å². The predicted molar refractivity (Wildman–Crippen MR) is 95.2 cm³/mol. The van der Waals surface area contributed by atoms with Crippen LogP contribution in [0.4, 0.5) is 10.5 Å². The fraction of sp³-hybridized carbons (Fsp3) is 0.263. The summed E-state index contributed by atoms with van der Waals surface area (Å²) in [5, 5.41) is 13.8. The van der Waals surface area contributed by atoms with Crippen LogP contribution >= 0.6 is 0 Å². The van der Waals surface area contributed by atoms with Gasteiger partial charge in [0.25, 0.3) is 11.6 Å². The summed E-state index contributed by atoms with van der Waals surface area (Å²) in [5.74, 6) is -0.331. The highest BCUT2D eigenvalue weighted by atomic mass is 16.6. The van der Waals surface area contributed by atoms with E-state index in [1.54, 1.807) is 12.1 Å². The molecule has 1 aliphatic heterocycles. The highest BCUT2D eigenvalue weighted by Crippen LogP contribution is 2.34. The normalized spacial score (nSPS) is 19.5. The molecule has 0 aromatic heterocycles. The molecule has 0 spiro atoms. The molecule has 1 heterocycles. The van der Waals surface area contributed by atoms with E-state index in [9.17, 15) is 19.7 Å². The number of benzene rings is 2. The average molecular weight is 353 g/mol. The Morgan fingerprint density at radius 3 is 2.50 bits per heavy atom. The van der Waals surface area contributed by atoms with Crippen molar-refractivity contribution in [2.75, 3.05) is 0 Å². The Kier molecular flexibility index (Phi) is 4.71. The van der Waals surface area contributed by atoms with Crippen molar-refractivity contribution in [3.05, 3.63) is 75.8 Å². The molecule has 1 fully saturated rings. The van der Waals surface area contributed by atoms with E-state index >= 15 is 0 Å². The molecule has 0 saturated carbocycles. The highest BCUT2D eigenvalue weighted by molar-refractivity contribution is 6.07. The van der Waals surface area contributed by atoms with Gasteiger partial charge in [-0.2, -0.15) is 0 Å². The first-order valence-corrected chi connectivity index (χ1v) is 8.41. The number of imide groups is 1. The Labute approximate surface area is 150 Å². The summed E-state index contributed by atoms with van der Waals surface area (Å²) in [6, 6.07) is 14.6. The molecular weight excluding hydrogens is 334 g/mol. The molecule has 1 saturated heterocycles. The molecule has 1 atom stereocenters. The molecule has 26 heavy (non-hydrogen) atoms. The summed E-state index contributed by atoms with van der Waals surface area (Å²) in [5.41, 5.74) is 0.107. The number of non-ortho nitro benzene ring substituents is 1. The fourth-order valence-electron chi connectivity index (χ4n) is 3.33. The average Bonchev–Trinajstić information content (AvgIpc) is 2.88. The topological polar surface area (TPSA) is 92.6 Å². The lowest BCUT2D eigenvalue weighted by Gasteiger charge is -2.27. The lowest BCUT2D eigenvalue weighted by Crippen LogP contribution is -2.43. The number of hydrogen-bond donors (Lipinski definition) is 1. The second kappa shape index (κ2) is 6.95. The molecule has 0 radical (unpaired) electrons. The van der Waals surface area contributed by atoms with Crippen LogP contribution in [0.15, 0.2) is 54.6 Å². The minimum Gasteiger partial charge on any atom is -0.319 e. The maximum atomic E-state index is 13.2. The van der Waals surface area contributed by atoms with Gasteiger partial charge in [-0.05, 0) is 17.5 Å². The lowest BCUT2D eigenvalue weighted by molar-refractivity contribution is -0.384. The smallest absolute Gasteiger partial charge is 0.319 e. The Hall–Kier alpha value is -3.22. The van der Waals surface area contributed by atoms with Crippen molar-refractivity contribution in [3.8, 4) is 0 Å². The molecule has 3 rings (SSSR count). The van der Waals surface area contributed by atoms with Gasteiger partial charge in [-0.25, -0.2) is 4.79 Å². The Morgan fingerprint density at radius 2 is 1.85 bits per heavy atom. The van der Waals surface area contributed by atoms with E-state index in [1.807, 2.05) is 37.3 Å². The largest absolute Gasteiger partial charge is 0.325 e. The molecule has 0 unspecified atom stereocenters. The van der Waals surface area contributed by atoms with Crippen LogP contribution in [0.25, 0.3) is 0 Å². The van der Waals surface area contributed by atoms with Crippen LogP contribution in [-0.2, 0) is 16.9 Å². The van der Waals surface area contributed by atoms with Crippen molar-refractivity contribution in [1.29, 1.82) is 0 Å². The van der Waals surface area contributed by atoms with E-state index in [4.69, 9.17) is 0 Å². The van der Waals surface area contributed by atoms with E-state index < -0.39 is 16.5 Å². The van der Waals surface area contributed by atoms with Crippen LogP contribution in [0.3, 0.4) is 0 Å². The zero-order chi connectivity index (χ0) is 18.7. The summed E-state index contributed by atoms with van der Waals surface area (Å²) in [6.45, 7) is 1.94. The minimum absolute atomic E-state index is 0.00928. The number of nitrogens with zero attached hydrogens (tertiary/aromatic N) is 2. The third-order valence-electron chi connectivity index (χ3n) is 4.53. The van der Waals surface area contributed by atoms with Crippen LogP contribution < -0.4 is 5.32 Å². The fourth-order valence-corrected chi connectivity index (χ4v) is 3.33. The van der Waals surface area contributed by atoms with Gasteiger partial charge in [0.05, 0.1) is 11.5 Å². The summed E-state index contributed by atoms with van der Waals surface area (Å²) in [7, 11) is 0. The van der Waals surface area contributed by atoms with Crippen molar-refractivity contribution >= 4 is 17.6 Å². The quantitative estimate of drug-likeness (QED) is 0.490. The zero-order valence-corrected chi connectivity index (χ0v) is 14.3. The van der Waals surface area contributed by atoms with Crippen LogP contribution in [-0.4, -0.2) is 21.8 Å². The molecule has 7 heteroatoms. The molecule has 1 aliphatic rings. The molecule has 7 nitrogen and oxygen atoms in total. The van der Waals surface area contributed by atoms with Gasteiger partial charge in [-0.1, -0.05) is 55.8 Å². The second-order valence-electron chi connectivity index (χ2n) is 6.27. The van der Waals surface area contributed by atoms with Crippen molar-refractivity contribution in [2.24, 2.45) is 0 Å². The summed E-state index contributed by atoms with van der Waals surface area (Å²) >= 11 is 0. The van der Waals surface area contributed by atoms with Crippen molar-refractivity contribution in [1.82, 2.24) is 10.2 Å². The number of urea groups is 1. The predicted octanol–water partition coefficient (Wildman–Crippen LogP) is 3.34. The van der Waals surface area contributed by atoms with Gasteiger partial charge in [0, 0.05) is 12.1 Å². The molecule has 2 aromatic rings. The molecular formula is C19H19N3O4. The highest BCUT2D eigenvalue weighted by Gasteiger charge is 2.51. The van der Waals surface area contributed by atoms with Crippen molar-refractivity contribution in [3.63, 3.8) is 0 Å². The van der Waals surface area contributed by atoms with E-state index in [0.29, 0.717) is 18.4 Å². The maximum Gasteiger partial charge on any atom is 0.325 e. The van der Waals surface area contributed by atoms with E-state index in [2.05, 4.69) is 5.32 Å². The van der Waals surface area contributed by atoms with Gasteiger partial charge in [0.1, 0.15) is 5.54 Å². The molecule has 0 aliphatic carbocycles. The maximum absolute atomic E-state index is 13.2. The van der Waals surface area contributed by atoms with Gasteiger partial charge < -0.3 is 5.32 Å². The van der Waals surface area contributed by atoms with Gasteiger partial charge in [-0.15, -0.1) is 0 Å². The first-order chi connectivity index (χ1) is 12.5.